The summed E-state index contributed by atoms with van der Waals surface area (Å²) >= 11 is 0. The van der Waals surface area contributed by atoms with Gasteiger partial charge in [-0.3, -0.25) is 4.79 Å². The maximum absolute atomic E-state index is 12.6. The SMILES string of the molecule is CCN1CCN(c2cc(-c3ccnc(NC(=O)c4ccc(OC)cc4)c3)ccn2)CC1. The van der Waals surface area contributed by atoms with Crippen molar-refractivity contribution in [2.24, 2.45) is 0 Å². The van der Waals surface area contributed by atoms with Gasteiger partial charge < -0.3 is 19.9 Å². The molecule has 0 unspecified atom stereocenters. The topological polar surface area (TPSA) is 70.6 Å². The average molecular weight is 418 g/mol. The molecule has 0 bridgehead atoms. The van der Waals surface area contributed by atoms with E-state index in [2.05, 4.69) is 38.1 Å². The molecule has 0 spiro atoms. The molecule has 1 saturated heterocycles. The standard InChI is InChI=1S/C24H27N5O2/c1-3-28-12-14-29(15-13-28)23-17-20(9-11-26-23)19-8-10-25-22(16-19)27-24(30)18-4-6-21(31-2)7-5-18/h4-11,16-17H,3,12-15H2,1-2H3,(H,25,27,30). The highest BCUT2D eigenvalue weighted by atomic mass is 16.5. The zero-order chi connectivity index (χ0) is 21.6. The van der Waals surface area contributed by atoms with Gasteiger partial charge in [-0.05, 0) is 66.2 Å². The van der Waals surface area contributed by atoms with Crippen molar-refractivity contribution in [1.29, 1.82) is 0 Å². The van der Waals surface area contributed by atoms with Crippen LogP contribution in [0.15, 0.2) is 60.9 Å². The second-order valence-corrected chi connectivity index (χ2v) is 7.44. The molecule has 1 fully saturated rings. The minimum absolute atomic E-state index is 0.212. The van der Waals surface area contributed by atoms with Crippen molar-refractivity contribution in [3.63, 3.8) is 0 Å². The first kappa shape index (κ1) is 20.8. The molecule has 2 aromatic heterocycles. The lowest BCUT2D eigenvalue weighted by Crippen LogP contribution is -2.46. The summed E-state index contributed by atoms with van der Waals surface area (Å²) in [4.78, 5) is 26.2. The van der Waals surface area contributed by atoms with Crippen LogP contribution in [0.2, 0.25) is 0 Å². The number of carbonyl (C=O) groups is 1. The van der Waals surface area contributed by atoms with E-state index in [1.165, 1.54) is 0 Å². The van der Waals surface area contributed by atoms with Gasteiger partial charge in [0.25, 0.3) is 5.91 Å². The molecule has 0 aliphatic carbocycles. The number of pyridine rings is 2. The molecule has 0 atom stereocenters. The van der Waals surface area contributed by atoms with Crippen molar-refractivity contribution in [2.45, 2.75) is 6.92 Å². The van der Waals surface area contributed by atoms with Crippen LogP contribution in [0.4, 0.5) is 11.6 Å². The Bertz CT molecular complexity index is 1030. The second kappa shape index (κ2) is 9.57. The molecule has 0 radical (unpaired) electrons. The lowest BCUT2D eigenvalue weighted by molar-refractivity contribution is 0.102. The number of likely N-dealkylation sites (N-methyl/N-ethyl adjacent to an activating group) is 1. The Morgan fingerprint density at radius 2 is 1.65 bits per heavy atom. The van der Waals surface area contributed by atoms with Crippen LogP contribution < -0.4 is 15.0 Å². The lowest BCUT2D eigenvalue weighted by Gasteiger charge is -2.34. The van der Waals surface area contributed by atoms with Crippen molar-refractivity contribution < 1.29 is 9.53 Å². The molecule has 1 aliphatic heterocycles. The van der Waals surface area contributed by atoms with Gasteiger partial charge >= 0.3 is 0 Å². The first-order chi connectivity index (χ1) is 15.2. The average Bonchev–Trinajstić information content (AvgIpc) is 2.84. The van der Waals surface area contributed by atoms with Crippen LogP contribution in [0, 0.1) is 0 Å². The largest absolute Gasteiger partial charge is 0.497 e. The first-order valence-corrected chi connectivity index (χ1v) is 10.5. The van der Waals surface area contributed by atoms with Crippen molar-refractivity contribution >= 4 is 17.5 Å². The number of rotatable bonds is 6. The molecule has 31 heavy (non-hydrogen) atoms. The van der Waals surface area contributed by atoms with E-state index in [1.54, 1.807) is 37.6 Å². The van der Waals surface area contributed by atoms with E-state index in [4.69, 9.17) is 4.74 Å². The number of methoxy groups -OCH3 is 1. The van der Waals surface area contributed by atoms with E-state index >= 15 is 0 Å². The lowest BCUT2D eigenvalue weighted by atomic mass is 10.1. The van der Waals surface area contributed by atoms with Crippen molar-refractivity contribution in [3.8, 4) is 16.9 Å². The number of carbonyl (C=O) groups excluding carboxylic acids is 1. The van der Waals surface area contributed by atoms with Crippen molar-refractivity contribution in [1.82, 2.24) is 14.9 Å². The predicted octanol–water partition coefficient (Wildman–Crippen LogP) is 3.55. The van der Waals surface area contributed by atoms with E-state index in [1.807, 2.05) is 24.4 Å². The smallest absolute Gasteiger partial charge is 0.256 e. The van der Waals surface area contributed by atoms with Gasteiger partial charge in [0.05, 0.1) is 7.11 Å². The molecule has 1 aliphatic rings. The highest BCUT2D eigenvalue weighted by Gasteiger charge is 2.17. The van der Waals surface area contributed by atoms with Crippen molar-refractivity contribution in [3.05, 3.63) is 66.5 Å². The van der Waals surface area contributed by atoms with Gasteiger partial charge in [0.2, 0.25) is 0 Å². The number of anilines is 2. The summed E-state index contributed by atoms with van der Waals surface area (Å²) in [6.45, 7) is 7.35. The summed E-state index contributed by atoms with van der Waals surface area (Å²) < 4.78 is 5.14. The van der Waals surface area contributed by atoms with Crippen molar-refractivity contribution in [2.75, 3.05) is 50.1 Å². The van der Waals surface area contributed by atoms with E-state index in [-0.39, 0.29) is 5.91 Å². The minimum atomic E-state index is -0.212. The predicted molar refractivity (Wildman–Crippen MR) is 123 cm³/mol. The molecule has 1 N–H and O–H groups in total. The van der Waals surface area contributed by atoms with Gasteiger partial charge in [-0.2, -0.15) is 0 Å². The van der Waals surface area contributed by atoms with Gasteiger partial charge in [0.1, 0.15) is 17.4 Å². The van der Waals surface area contributed by atoms with Crippen LogP contribution in [0.25, 0.3) is 11.1 Å². The summed E-state index contributed by atoms with van der Waals surface area (Å²) in [5, 5.41) is 2.87. The van der Waals surface area contributed by atoms with Gasteiger partial charge in [0.15, 0.2) is 0 Å². The Morgan fingerprint density at radius 3 is 2.32 bits per heavy atom. The van der Waals surface area contributed by atoms with E-state index < -0.39 is 0 Å². The van der Waals surface area contributed by atoms with Gasteiger partial charge in [0, 0.05) is 44.1 Å². The molecule has 3 aromatic rings. The monoisotopic (exact) mass is 417 g/mol. The number of ether oxygens (including phenoxy) is 1. The highest BCUT2D eigenvalue weighted by molar-refractivity contribution is 6.04. The Balaban J connectivity index is 1.48. The number of hydrogen-bond donors (Lipinski definition) is 1. The third kappa shape index (κ3) is 5.00. The number of piperazine rings is 1. The molecule has 1 aromatic carbocycles. The third-order valence-corrected chi connectivity index (χ3v) is 5.58. The van der Waals surface area contributed by atoms with Gasteiger partial charge in [-0.1, -0.05) is 6.92 Å². The summed E-state index contributed by atoms with van der Waals surface area (Å²) in [6.07, 6.45) is 3.55. The molecule has 0 saturated carbocycles. The maximum Gasteiger partial charge on any atom is 0.256 e. The number of amides is 1. The van der Waals surface area contributed by atoms with Crippen LogP contribution in [-0.2, 0) is 0 Å². The Labute approximate surface area is 182 Å². The molecule has 1 amide bonds. The van der Waals surface area contributed by atoms with E-state index in [0.717, 1.165) is 49.7 Å². The second-order valence-electron chi connectivity index (χ2n) is 7.44. The van der Waals surface area contributed by atoms with Crippen LogP contribution >= 0.6 is 0 Å². The maximum atomic E-state index is 12.6. The quantitative estimate of drug-likeness (QED) is 0.662. The van der Waals surface area contributed by atoms with Crippen LogP contribution in [0.1, 0.15) is 17.3 Å². The molecule has 4 rings (SSSR count). The zero-order valence-corrected chi connectivity index (χ0v) is 17.9. The third-order valence-electron chi connectivity index (χ3n) is 5.58. The van der Waals surface area contributed by atoms with Gasteiger partial charge in [-0.15, -0.1) is 0 Å². The van der Waals surface area contributed by atoms with Gasteiger partial charge in [-0.25, -0.2) is 9.97 Å². The number of nitrogens with one attached hydrogen (secondary N) is 1. The molecular weight excluding hydrogens is 390 g/mol. The Hall–Kier alpha value is -3.45. The highest BCUT2D eigenvalue weighted by Crippen LogP contribution is 2.25. The normalized spacial score (nSPS) is 14.3. The number of benzene rings is 1. The summed E-state index contributed by atoms with van der Waals surface area (Å²) in [6, 6.07) is 14.9. The summed E-state index contributed by atoms with van der Waals surface area (Å²) in [5.41, 5.74) is 2.58. The van der Waals surface area contributed by atoms with Crippen LogP contribution in [0.5, 0.6) is 5.75 Å². The first-order valence-electron chi connectivity index (χ1n) is 10.5. The fraction of sp³-hybridized carbons (Fsp3) is 0.292. The van der Waals surface area contributed by atoms with E-state index in [0.29, 0.717) is 17.1 Å². The summed E-state index contributed by atoms with van der Waals surface area (Å²) in [5.74, 6) is 1.99. The fourth-order valence-electron chi connectivity index (χ4n) is 3.67. The van der Waals surface area contributed by atoms with Crippen LogP contribution in [0.3, 0.4) is 0 Å². The fourth-order valence-corrected chi connectivity index (χ4v) is 3.67. The Morgan fingerprint density at radius 1 is 0.968 bits per heavy atom. The molecule has 7 heteroatoms. The Kier molecular flexibility index (Phi) is 6.43. The number of aromatic nitrogens is 2. The van der Waals surface area contributed by atoms with E-state index in [9.17, 15) is 4.79 Å². The molecule has 160 valence electrons. The minimum Gasteiger partial charge on any atom is -0.497 e. The van der Waals surface area contributed by atoms with Crippen LogP contribution in [-0.4, -0.2) is 60.6 Å². The summed E-state index contributed by atoms with van der Waals surface area (Å²) in [7, 11) is 1.60. The number of nitrogens with zero attached hydrogens (tertiary/aromatic N) is 4. The molecule has 3 heterocycles. The zero-order valence-electron chi connectivity index (χ0n) is 17.9. The number of hydrogen-bond acceptors (Lipinski definition) is 6. The molecular formula is C24H27N5O2. The molecule has 7 nitrogen and oxygen atoms in total.